The number of nitrogens with one attached hydrogen (secondary N) is 1. The Kier molecular flexibility index (Phi) is 7.10. The minimum Gasteiger partial charge on any atom is -0.456 e. The fourth-order valence-corrected chi connectivity index (χ4v) is 3.58. The first kappa shape index (κ1) is 19.7. The summed E-state index contributed by atoms with van der Waals surface area (Å²) in [6.07, 6.45) is 3.94. The highest BCUT2D eigenvalue weighted by molar-refractivity contribution is 6.32. The molecule has 144 valence electrons. The number of hydrogen-bond acceptors (Lipinski definition) is 4. The molecular formula is C21H25ClN2O3. The molecule has 2 aromatic carbocycles. The van der Waals surface area contributed by atoms with Gasteiger partial charge in [-0.3, -0.25) is 9.69 Å². The van der Waals surface area contributed by atoms with E-state index in [1.165, 1.54) is 0 Å². The first-order valence-electron chi connectivity index (χ1n) is 9.33. The number of ether oxygens (including phenoxy) is 1. The molecule has 1 aliphatic heterocycles. The standard InChI is InChI=1S/C21H25ClN2O3/c22-19-7-1-2-8-20(19)27-18-11-9-16(10-12-18)23-21(26)15-24-13-3-5-17(24)6-4-14-25/h1-2,7-12,17,25H,3-6,13-15H2,(H,23,26). The maximum Gasteiger partial charge on any atom is 0.238 e. The largest absolute Gasteiger partial charge is 0.456 e. The third kappa shape index (κ3) is 5.70. The first-order chi connectivity index (χ1) is 13.2. The van der Waals surface area contributed by atoms with Crippen molar-refractivity contribution in [1.29, 1.82) is 0 Å². The van der Waals surface area contributed by atoms with Gasteiger partial charge in [-0.25, -0.2) is 0 Å². The van der Waals surface area contributed by atoms with E-state index in [0.29, 0.717) is 29.1 Å². The number of aliphatic hydroxyl groups excluding tert-OH is 1. The van der Waals surface area contributed by atoms with Crippen LogP contribution in [0.25, 0.3) is 0 Å². The van der Waals surface area contributed by atoms with Crippen LogP contribution < -0.4 is 10.1 Å². The molecule has 1 unspecified atom stereocenters. The lowest BCUT2D eigenvalue weighted by molar-refractivity contribution is -0.117. The second-order valence-corrected chi connectivity index (χ2v) is 7.14. The Bertz CT molecular complexity index is 751. The number of benzene rings is 2. The Morgan fingerprint density at radius 2 is 2.00 bits per heavy atom. The topological polar surface area (TPSA) is 61.8 Å². The maximum atomic E-state index is 12.4. The van der Waals surface area contributed by atoms with Crippen LogP contribution in [0.5, 0.6) is 11.5 Å². The van der Waals surface area contributed by atoms with E-state index in [2.05, 4.69) is 10.2 Å². The van der Waals surface area contributed by atoms with E-state index in [1.807, 2.05) is 24.3 Å². The van der Waals surface area contributed by atoms with Crippen molar-refractivity contribution in [3.8, 4) is 11.5 Å². The van der Waals surface area contributed by atoms with E-state index in [4.69, 9.17) is 21.4 Å². The Morgan fingerprint density at radius 3 is 2.74 bits per heavy atom. The van der Waals surface area contributed by atoms with Gasteiger partial charge in [0.25, 0.3) is 0 Å². The van der Waals surface area contributed by atoms with E-state index in [0.717, 1.165) is 37.9 Å². The third-order valence-corrected chi connectivity index (χ3v) is 5.06. The second-order valence-electron chi connectivity index (χ2n) is 6.74. The molecule has 27 heavy (non-hydrogen) atoms. The summed E-state index contributed by atoms with van der Waals surface area (Å²) in [5.41, 5.74) is 0.734. The number of aliphatic hydroxyl groups is 1. The van der Waals surface area contributed by atoms with Crippen molar-refractivity contribution < 1.29 is 14.6 Å². The van der Waals surface area contributed by atoms with Crippen LogP contribution in [0.1, 0.15) is 25.7 Å². The summed E-state index contributed by atoms with van der Waals surface area (Å²) in [6.45, 7) is 1.53. The van der Waals surface area contributed by atoms with Gasteiger partial charge >= 0.3 is 0 Å². The number of carbonyl (C=O) groups excluding carboxylic acids is 1. The molecule has 2 N–H and O–H groups in total. The number of nitrogens with zero attached hydrogens (tertiary/aromatic N) is 1. The lowest BCUT2D eigenvalue weighted by Crippen LogP contribution is -2.36. The third-order valence-electron chi connectivity index (χ3n) is 4.74. The monoisotopic (exact) mass is 388 g/mol. The molecule has 0 saturated carbocycles. The molecule has 1 atom stereocenters. The minimum absolute atomic E-state index is 0.0225. The summed E-state index contributed by atoms with van der Waals surface area (Å²) < 4.78 is 5.76. The average Bonchev–Trinajstić information content (AvgIpc) is 3.10. The highest BCUT2D eigenvalue weighted by atomic mass is 35.5. The van der Waals surface area contributed by atoms with Crippen LogP contribution in [0.15, 0.2) is 48.5 Å². The Hall–Kier alpha value is -2.08. The molecule has 0 bridgehead atoms. The molecular weight excluding hydrogens is 364 g/mol. The number of likely N-dealkylation sites (tertiary alicyclic amines) is 1. The molecule has 6 heteroatoms. The number of para-hydroxylation sites is 1. The van der Waals surface area contributed by atoms with Gasteiger partial charge in [-0.15, -0.1) is 0 Å². The molecule has 0 aliphatic carbocycles. The van der Waals surface area contributed by atoms with Crippen LogP contribution in [0.2, 0.25) is 5.02 Å². The minimum atomic E-state index is -0.0225. The smallest absolute Gasteiger partial charge is 0.238 e. The predicted octanol–water partition coefficient (Wildman–Crippen LogP) is 4.31. The van der Waals surface area contributed by atoms with Crippen molar-refractivity contribution in [1.82, 2.24) is 4.90 Å². The Labute approximate surface area is 164 Å². The van der Waals surface area contributed by atoms with Crippen molar-refractivity contribution in [2.45, 2.75) is 31.7 Å². The quantitative estimate of drug-likeness (QED) is 0.707. The van der Waals surface area contributed by atoms with E-state index in [9.17, 15) is 4.79 Å². The Morgan fingerprint density at radius 1 is 1.22 bits per heavy atom. The van der Waals surface area contributed by atoms with Crippen LogP contribution in [-0.4, -0.2) is 41.7 Å². The summed E-state index contributed by atoms with van der Waals surface area (Å²) in [5, 5.41) is 12.5. The van der Waals surface area contributed by atoms with E-state index >= 15 is 0 Å². The number of halogens is 1. The molecule has 3 rings (SSSR count). The van der Waals surface area contributed by atoms with Gasteiger partial charge in [-0.05, 0) is 68.6 Å². The summed E-state index contributed by atoms with van der Waals surface area (Å²) in [6, 6.07) is 14.9. The molecule has 1 heterocycles. The zero-order chi connectivity index (χ0) is 19.1. The van der Waals surface area contributed by atoms with Crippen LogP contribution in [0, 0.1) is 0 Å². The number of anilines is 1. The molecule has 0 aromatic heterocycles. The molecule has 2 aromatic rings. The molecule has 1 saturated heterocycles. The zero-order valence-corrected chi connectivity index (χ0v) is 16.0. The predicted molar refractivity (Wildman–Crippen MR) is 108 cm³/mol. The summed E-state index contributed by atoms with van der Waals surface area (Å²) >= 11 is 6.10. The number of carbonyl (C=O) groups is 1. The normalized spacial score (nSPS) is 17.0. The van der Waals surface area contributed by atoms with Gasteiger partial charge in [0.15, 0.2) is 0 Å². The maximum absolute atomic E-state index is 12.4. The van der Waals surface area contributed by atoms with Gasteiger partial charge in [0.1, 0.15) is 11.5 Å². The van der Waals surface area contributed by atoms with Gasteiger partial charge in [-0.1, -0.05) is 23.7 Å². The highest BCUT2D eigenvalue weighted by Gasteiger charge is 2.25. The van der Waals surface area contributed by atoms with E-state index in [1.54, 1.807) is 24.3 Å². The SMILES string of the molecule is O=C(CN1CCCC1CCCO)Nc1ccc(Oc2ccccc2Cl)cc1. The van der Waals surface area contributed by atoms with Gasteiger partial charge in [0.2, 0.25) is 5.91 Å². The number of amides is 1. The average molecular weight is 389 g/mol. The molecule has 1 amide bonds. The van der Waals surface area contributed by atoms with Crippen molar-refractivity contribution in [2.75, 3.05) is 25.0 Å². The van der Waals surface area contributed by atoms with Gasteiger partial charge < -0.3 is 15.2 Å². The van der Waals surface area contributed by atoms with Crippen molar-refractivity contribution in [2.24, 2.45) is 0 Å². The van der Waals surface area contributed by atoms with E-state index in [-0.39, 0.29) is 12.5 Å². The Balaban J connectivity index is 1.52. The molecule has 0 radical (unpaired) electrons. The van der Waals surface area contributed by atoms with Crippen LogP contribution in [-0.2, 0) is 4.79 Å². The fraction of sp³-hybridized carbons (Fsp3) is 0.381. The van der Waals surface area contributed by atoms with Crippen LogP contribution >= 0.6 is 11.6 Å². The van der Waals surface area contributed by atoms with Gasteiger partial charge in [0, 0.05) is 18.3 Å². The molecule has 5 nitrogen and oxygen atoms in total. The van der Waals surface area contributed by atoms with Crippen molar-refractivity contribution in [3.63, 3.8) is 0 Å². The van der Waals surface area contributed by atoms with Crippen LogP contribution in [0.4, 0.5) is 5.69 Å². The van der Waals surface area contributed by atoms with Crippen molar-refractivity contribution in [3.05, 3.63) is 53.6 Å². The van der Waals surface area contributed by atoms with Gasteiger partial charge in [-0.2, -0.15) is 0 Å². The molecule has 0 spiro atoms. The number of rotatable bonds is 8. The lowest BCUT2D eigenvalue weighted by atomic mass is 10.1. The zero-order valence-electron chi connectivity index (χ0n) is 15.2. The highest BCUT2D eigenvalue weighted by Crippen LogP contribution is 2.29. The summed E-state index contributed by atoms with van der Waals surface area (Å²) in [5.74, 6) is 1.23. The fourth-order valence-electron chi connectivity index (χ4n) is 3.40. The van der Waals surface area contributed by atoms with E-state index < -0.39 is 0 Å². The summed E-state index contributed by atoms with van der Waals surface area (Å²) in [7, 11) is 0. The lowest BCUT2D eigenvalue weighted by Gasteiger charge is -2.23. The first-order valence-corrected chi connectivity index (χ1v) is 9.70. The van der Waals surface area contributed by atoms with Crippen molar-refractivity contribution >= 4 is 23.2 Å². The number of hydrogen-bond donors (Lipinski definition) is 2. The van der Waals surface area contributed by atoms with Crippen LogP contribution in [0.3, 0.4) is 0 Å². The van der Waals surface area contributed by atoms with Gasteiger partial charge in [0.05, 0.1) is 11.6 Å². The molecule has 1 fully saturated rings. The summed E-state index contributed by atoms with van der Waals surface area (Å²) in [4.78, 5) is 14.6. The molecule has 1 aliphatic rings. The second kappa shape index (κ2) is 9.74.